The zero-order chi connectivity index (χ0) is 24.0. The summed E-state index contributed by atoms with van der Waals surface area (Å²) >= 11 is 0. The number of carbonyl (C=O) groups excluding carboxylic acids is 2. The van der Waals surface area contributed by atoms with E-state index in [9.17, 15) is 9.59 Å². The van der Waals surface area contributed by atoms with E-state index in [-0.39, 0.29) is 29.9 Å². The number of methoxy groups -OCH3 is 2. The number of ether oxygens (including phenoxy) is 3. The molecular weight excluding hydrogens is 422 g/mol. The predicted octanol–water partition coefficient (Wildman–Crippen LogP) is 3.04. The lowest BCUT2D eigenvalue weighted by Crippen LogP contribution is -2.44. The van der Waals surface area contributed by atoms with Crippen LogP contribution in [0, 0.1) is 5.92 Å². The number of rotatable bonds is 4. The maximum Gasteiger partial charge on any atom is 0.257 e. The SMILES string of the molecule is COc1cccc(C(=O)Nc2ccc3c(c2)OC[C@@H](C)NC[C@H](C)[C@@H](OC)CN(C)C3=O)c1. The van der Waals surface area contributed by atoms with E-state index in [0.717, 1.165) is 6.54 Å². The van der Waals surface area contributed by atoms with E-state index in [4.69, 9.17) is 14.2 Å². The Balaban J connectivity index is 1.86. The fourth-order valence-corrected chi connectivity index (χ4v) is 3.70. The van der Waals surface area contributed by atoms with Crippen molar-refractivity contribution < 1.29 is 23.8 Å². The maximum absolute atomic E-state index is 13.2. The monoisotopic (exact) mass is 455 g/mol. The Bertz CT molecular complexity index is 980. The highest BCUT2D eigenvalue weighted by molar-refractivity contribution is 6.05. The number of carbonyl (C=O) groups is 2. The summed E-state index contributed by atoms with van der Waals surface area (Å²) in [4.78, 5) is 27.6. The van der Waals surface area contributed by atoms with Gasteiger partial charge in [0, 0.05) is 50.6 Å². The van der Waals surface area contributed by atoms with Crippen LogP contribution in [0.3, 0.4) is 0 Å². The second-order valence-corrected chi connectivity index (χ2v) is 8.45. The van der Waals surface area contributed by atoms with Gasteiger partial charge in [0.2, 0.25) is 0 Å². The van der Waals surface area contributed by atoms with Crippen molar-refractivity contribution in [2.24, 2.45) is 5.92 Å². The first-order valence-corrected chi connectivity index (χ1v) is 11.1. The average Bonchev–Trinajstić information content (AvgIpc) is 2.83. The van der Waals surface area contributed by atoms with E-state index < -0.39 is 0 Å². The van der Waals surface area contributed by atoms with Gasteiger partial charge in [0.15, 0.2) is 0 Å². The van der Waals surface area contributed by atoms with Crippen LogP contribution in [-0.4, -0.2) is 69.8 Å². The zero-order valence-corrected chi connectivity index (χ0v) is 19.9. The average molecular weight is 456 g/mol. The molecular formula is C25H33N3O5. The number of fused-ring (bicyclic) bond motifs is 1. The van der Waals surface area contributed by atoms with Crippen LogP contribution in [0.5, 0.6) is 11.5 Å². The van der Waals surface area contributed by atoms with Crippen molar-refractivity contribution in [1.29, 1.82) is 0 Å². The summed E-state index contributed by atoms with van der Waals surface area (Å²) in [7, 11) is 4.98. The number of likely N-dealkylation sites (N-methyl/N-ethyl adjacent to an activating group) is 1. The molecule has 0 unspecified atom stereocenters. The lowest BCUT2D eigenvalue weighted by molar-refractivity contribution is 0.0281. The number of anilines is 1. The molecule has 2 aromatic rings. The summed E-state index contributed by atoms with van der Waals surface area (Å²) < 4.78 is 16.9. The largest absolute Gasteiger partial charge is 0.497 e. The fourth-order valence-electron chi connectivity index (χ4n) is 3.70. The molecule has 0 aliphatic carbocycles. The predicted molar refractivity (Wildman–Crippen MR) is 127 cm³/mol. The van der Waals surface area contributed by atoms with Crippen LogP contribution in [0.2, 0.25) is 0 Å². The topological polar surface area (TPSA) is 89.1 Å². The smallest absolute Gasteiger partial charge is 0.257 e. The van der Waals surface area contributed by atoms with Gasteiger partial charge in [-0.25, -0.2) is 0 Å². The summed E-state index contributed by atoms with van der Waals surface area (Å²) in [5.41, 5.74) is 1.44. The van der Waals surface area contributed by atoms with Crippen LogP contribution in [0.1, 0.15) is 34.6 Å². The maximum atomic E-state index is 13.2. The molecule has 1 heterocycles. The molecule has 3 atom stereocenters. The van der Waals surface area contributed by atoms with E-state index >= 15 is 0 Å². The van der Waals surface area contributed by atoms with Crippen LogP contribution in [0.25, 0.3) is 0 Å². The lowest BCUT2D eigenvalue weighted by atomic mass is 10.0. The molecule has 2 aromatic carbocycles. The highest BCUT2D eigenvalue weighted by Gasteiger charge is 2.25. The Morgan fingerprint density at radius 1 is 1.18 bits per heavy atom. The minimum absolute atomic E-state index is 0.0695. The van der Waals surface area contributed by atoms with Crippen molar-refractivity contribution in [1.82, 2.24) is 10.2 Å². The Morgan fingerprint density at radius 2 is 1.97 bits per heavy atom. The highest BCUT2D eigenvalue weighted by atomic mass is 16.5. The van der Waals surface area contributed by atoms with Gasteiger partial charge >= 0.3 is 0 Å². The van der Waals surface area contributed by atoms with Gasteiger partial charge in [0.05, 0.1) is 18.8 Å². The summed E-state index contributed by atoms with van der Waals surface area (Å²) in [6, 6.07) is 12.1. The third kappa shape index (κ3) is 6.24. The number of nitrogens with zero attached hydrogens (tertiary/aromatic N) is 1. The number of nitrogens with one attached hydrogen (secondary N) is 2. The fraction of sp³-hybridized carbons (Fsp3) is 0.440. The van der Waals surface area contributed by atoms with Crippen LogP contribution >= 0.6 is 0 Å². The Hall–Kier alpha value is -3.10. The van der Waals surface area contributed by atoms with Crippen molar-refractivity contribution in [2.75, 3.05) is 46.3 Å². The molecule has 0 saturated heterocycles. The minimum Gasteiger partial charge on any atom is -0.497 e. The normalized spacial score (nSPS) is 21.8. The quantitative estimate of drug-likeness (QED) is 0.737. The Morgan fingerprint density at radius 3 is 2.70 bits per heavy atom. The van der Waals surface area contributed by atoms with Gasteiger partial charge in [-0.15, -0.1) is 0 Å². The van der Waals surface area contributed by atoms with Gasteiger partial charge in [-0.3, -0.25) is 9.59 Å². The molecule has 3 rings (SSSR count). The second-order valence-electron chi connectivity index (χ2n) is 8.45. The molecule has 2 N–H and O–H groups in total. The van der Waals surface area contributed by atoms with Gasteiger partial charge < -0.3 is 29.7 Å². The second kappa shape index (κ2) is 11.2. The van der Waals surface area contributed by atoms with Gasteiger partial charge in [-0.05, 0) is 43.2 Å². The van der Waals surface area contributed by atoms with Gasteiger partial charge in [0.1, 0.15) is 18.1 Å². The molecule has 33 heavy (non-hydrogen) atoms. The zero-order valence-electron chi connectivity index (χ0n) is 19.9. The third-order valence-electron chi connectivity index (χ3n) is 5.82. The van der Waals surface area contributed by atoms with Crippen molar-refractivity contribution in [3.8, 4) is 11.5 Å². The molecule has 0 fully saturated rings. The number of hydrogen-bond acceptors (Lipinski definition) is 6. The molecule has 178 valence electrons. The first kappa shape index (κ1) is 24.5. The molecule has 8 nitrogen and oxygen atoms in total. The van der Waals surface area contributed by atoms with Gasteiger partial charge in [0.25, 0.3) is 11.8 Å². The van der Waals surface area contributed by atoms with Crippen LogP contribution in [0.15, 0.2) is 42.5 Å². The van der Waals surface area contributed by atoms with E-state index in [0.29, 0.717) is 41.5 Å². The van der Waals surface area contributed by atoms with E-state index in [1.165, 1.54) is 0 Å². The summed E-state index contributed by atoms with van der Waals surface area (Å²) in [6.45, 7) is 5.71. The van der Waals surface area contributed by atoms with Crippen LogP contribution < -0.4 is 20.1 Å². The van der Waals surface area contributed by atoms with Crippen molar-refractivity contribution in [3.63, 3.8) is 0 Å². The number of benzene rings is 2. The molecule has 8 heteroatoms. The Kier molecular flexibility index (Phi) is 8.30. The minimum atomic E-state index is -0.280. The van der Waals surface area contributed by atoms with E-state index in [1.807, 2.05) is 6.92 Å². The van der Waals surface area contributed by atoms with Gasteiger partial charge in [-0.1, -0.05) is 13.0 Å². The molecule has 2 amide bonds. The standard InChI is InChI=1S/C25H33N3O5/c1-16-13-26-17(2)15-33-22-12-19(27-24(29)18-7-6-8-20(11-18)31-4)9-10-21(22)25(30)28(3)14-23(16)32-5/h6-12,16-17,23,26H,13-15H2,1-5H3,(H,27,29)/t16-,17+,23-/m0/s1. The third-order valence-corrected chi connectivity index (χ3v) is 5.82. The molecule has 0 spiro atoms. The highest BCUT2D eigenvalue weighted by Crippen LogP contribution is 2.26. The molecule has 1 aliphatic heterocycles. The van der Waals surface area contributed by atoms with Crippen molar-refractivity contribution in [3.05, 3.63) is 53.6 Å². The van der Waals surface area contributed by atoms with Gasteiger partial charge in [-0.2, -0.15) is 0 Å². The van der Waals surface area contributed by atoms with E-state index in [1.54, 1.807) is 68.6 Å². The first-order chi connectivity index (χ1) is 15.8. The van der Waals surface area contributed by atoms with Crippen molar-refractivity contribution in [2.45, 2.75) is 26.0 Å². The molecule has 0 saturated carbocycles. The molecule has 0 aromatic heterocycles. The molecule has 1 aliphatic rings. The molecule has 0 radical (unpaired) electrons. The lowest BCUT2D eigenvalue weighted by Gasteiger charge is -2.30. The van der Waals surface area contributed by atoms with Crippen molar-refractivity contribution >= 4 is 17.5 Å². The van der Waals surface area contributed by atoms with E-state index in [2.05, 4.69) is 17.6 Å². The summed E-state index contributed by atoms with van der Waals surface area (Å²) in [6.07, 6.45) is -0.0936. The summed E-state index contributed by atoms with van der Waals surface area (Å²) in [5.74, 6) is 0.804. The van der Waals surface area contributed by atoms with Crippen LogP contribution in [0.4, 0.5) is 5.69 Å². The summed E-state index contributed by atoms with van der Waals surface area (Å²) in [5, 5.41) is 6.33. The number of hydrogen-bond donors (Lipinski definition) is 2. The Labute approximate surface area is 195 Å². The molecule has 0 bridgehead atoms. The van der Waals surface area contributed by atoms with Crippen LogP contribution in [-0.2, 0) is 4.74 Å². The first-order valence-electron chi connectivity index (χ1n) is 11.1. The number of amides is 2.